The molecule has 1 aromatic carbocycles. The summed E-state index contributed by atoms with van der Waals surface area (Å²) in [6.07, 6.45) is 1.75. The molecule has 19 heavy (non-hydrogen) atoms. The van der Waals surface area contributed by atoms with Gasteiger partial charge in [-0.05, 0) is 11.5 Å². The maximum Gasteiger partial charge on any atom is 0.231 e. The fourth-order valence-corrected chi connectivity index (χ4v) is 1.93. The first-order chi connectivity index (χ1) is 9.29. The zero-order valence-corrected chi connectivity index (χ0v) is 10.6. The minimum atomic E-state index is 0.0521. The van der Waals surface area contributed by atoms with Crippen LogP contribution in [0.1, 0.15) is 18.7 Å². The summed E-state index contributed by atoms with van der Waals surface area (Å²) in [5.41, 5.74) is 6.33. The number of pyridine rings is 1. The molecule has 0 amide bonds. The molecule has 3 aromatic rings. The van der Waals surface area contributed by atoms with Crippen molar-refractivity contribution >= 4 is 10.8 Å². The van der Waals surface area contributed by atoms with Gasteiger partial charge in [-0.25, -0.2) is 0 Å². The molecule has 0 saturated carbocycles. The molecule has 0 aliphatic heterocycles. The van der Waals surface area contributed by atoms with Gasteiger partial charge in [0.2, 0.25) is 11.7 Å². The summed E-state index contributed by atoms with van der Waals surface area (Å²) in [5.74, 6) is 1.11. The number of hydrogen-bond donors (Lipinski definition) is 1. The lowest BCUT2D eigenvalue weighted by Gasteiger charge is -2.01. The molecule has 1 unspecified atom stereocenters. The van der Waals surface area contributed by atoms with Crippen molar-refractivity contribution in [1.29, 1.82) is 0 Å². The number of aromatic nitrogens is 3. The number of fused-ring (bicyclic) bond motifs is 1. The monoisotopic (exact) mass is 254 g/mol. The largest absolute Gasteiger partial charge is 0.339 e. The van der Waals surface area contributed by atoms with E-state index in [0.29, 0.717) is 18.3 Å². The highest BCUT2D eigenvalue weighted by molar-refractivity contribution is 5.92. The minimum absolute atomic E-state index is 0.0521. The number of rotatable bonds is 3. The van der Waals surface area contributed by atoms with Crippen LogP contribution in [-0.2, 0) is 0 Å². The lowest BCUT2D eigenvalue weighted by Crippen LogP contribution is -2.09. The van der Waals surface area contributed by atoms with E-state index >= 15 is 0 Å². The highest BCUT2D eigenvalue weighted by atomic mass is 16.5. The number of benzene rings is 1. The van der Waals surface area contributed by atoms with Crippen molar-refractivity contribution in [3.8, 4) is 11.5 Å². The van der Waals surface area contributed by atoms with E-state index in [1.807, 2.05) is 37.3 Å². The molecule has 0 radical (unpaired) electrons. The first-order valence-electron chi connectivity index (χ1n) is 6.17. The molecule has 0 bridgehead atoms. The Labute approximate surface area is 110 Å². The zero-order valence-electron chi connectivity index (χ0n) is 10.6. The van der Waals surface area contributed by atoms with Crippen LogP contribution < -0.4 is 5.73 Å². The highest BCUT2D eigenvalue weighted by Crippen LogP contribution is 2.25. The SMILES string of the molecule is CC(CN)c1nc(-c2nccc3ccccc23)no1. The van der Waals surface area contributed by atoms with Gasteiger partial charge >= 0.3 is 0 Å². The third-order valence-corrected chi connectivity index (χ3v) is 3.10. The molecular weight excluding hydrogens is 240 g/mol. The summed E-state index contributed by atoms with van der Waals surface area (Å²) in [4.78, 5) is 8.74. The molecule has 0 aliphatic rings. The van der Waals surface area contributed by atoms with Crippen molar-refractivity contribution < 1.29 is 4.52 Å². The summed E-state index contributed by atoms with van der Waals surface area (Å²) in [5, 5.41) is 6.12. The fraction of sp³-hybridized carbons (Fsp3) is 0.214. The quantitative estimate of drug-likeness (QED) is 0.776. The Morgan fingerprint density at radius 3 is 2.95 bits per heavy atom. The molecule has 0 spiro atoms. The van der Waals surface area contributed by atoms with Crippen LogP contribution in [0, 0.1) is 0 Å². The predicted octanol–water partition coefficient (Wildman–Crippen LogP) is 2.35. The molecule has 1 atom stereocenters. The number of nitrogens with zero attached hydrogens (tertiary/aromatic N) is 3. The predicted molar refractivity (Wildman–Crippen MR) is 72.5 cm³/mol. The van der Waals surface area contributed by atoms with Crippen LogP contribution in [0.15, 0.2) is 41.1 Å². The second kappa shape index (κ2) is 4.78. The van der Waals surface area contributed by atoms with Crippen LogP contribution in [-0.4, -0.2) is 21.7 Å². The van der Waals surface area contributed by atoms with E-state index in [1.165, 1.54) is 0 Å². The summed E-state index contributed by atoms with van der Waals surface area (Å²) < 4.78 is 5.24. The Morgan fingerprint density at radius 2 is 2.11 bits per heavy atom. The Morgan fingerprint density at radius 1 is 1.26 bits per heavy atom. The molecular formula is C14H14N4O. The Hall–Kier alpha value is -2.27. The Balaban J connectivity index is 2.12. The molecule has 5 heteroatoms. The van der Waals surface area contributed by atoms with Gasteiger partial charge in [0.25, 0.3) is 0 Å². The van der Waals surface area contributed by atoms with Crippen molar-refractivity contribution in [2.45, 2.75) is 12.8 Å². The fourth-order valence-electron chi connectivity index (χ4n) is 1.93. The normalized spacial score (nSPS) is 12.7. The second-order valence-electron chi connectivity index (χ2n) is 4.47. The van der Waals surface area contributed by atoms with Crippen LogP contribution in [0.5, 0.6) is 0 Å². The third kappa shape index (κ3) is 2.08. The van der Waals surface area contributed by atoms with E-state index in [1.54, 1.807) is 6.20 Å². The van der Waals surface area contributed by atoms with Crippen molar-refractivity contribution in [1.82, 2.24) is 15.1 Å². The van der Waals surface area contributed by atoms with Crippen LogP contribution in [0.2, 0.25) is 0 Å². The average molecular weight is 254 g/mol. The van der Waals surface area contributed by atoms with Crippen molar-refractivity contribution in [3.63, 3.8) is 0 Å². The van der Waals surface area contributed by atoms with Crippen molar-refractivity contribution in [3.05, 3.63) is 42.4 Å². The maximum atomic E-state index is 5.60. The van der Waals surface area contributed by atoms with Gasteiger partial charge in [-0.1, -0.05) is 36.3 Å². The van der Waals surface area contributed by atoms with Gasteiger partial charge in [-0.2, -0.15) is 4.98 Å². The molecule has 2 N–H and O–H groups in total. The molecule has 5 nitrogen and oxygen atoms in total. The molecule has 2 aromatic heterocycles. The van der Waals surface area contributed by atoms with E-state index in [0.717, 1.165) is 16.5 Å². The van der Waals surface area contributed by atoms with Gasteiger partial charge < -0.3 is 10.3 Å². The van der Waals surface area contributed by atoms with E-state index in [4.69, 9.17) is 10.3 Å². The van der Waals surface area contributed by atoms with Crippen molar-refractivity contribution in [2.24, 2.45) is 5.73 Å². The molecule has 0 saturated heterocycles. The summed E-state index contributed by atoms with van der Waals surface area (Å²) in [6.45, 7) is 2.43. The minimum Gasteiger partial charge on any atom is -0.339 e. The van der Waals surface area contributed by atoms with Crippen LogP contribution in [0.4, 0.5) is 0 Å². The number of hydrogen-bond acceptors (Lipinski definition) is 5. The van der Waals surface area contributed by atoms with Crippen LogP contribution in [0.3, 0.4) is 0 Å². The first-order valence-corrected chi connectivity index (χ1v) is 6.17. The molecule has 3 rings (SSSR count). The van der Waals surface area contributed by atoms with Gasteiger partial charge in [0.05, 0.1) is 0 Å². The lowest BCUT2D eigenvalue weighted by molar-refractivity contribution is 0.361. The van der Waals surface area contributed by atoms with E-state index in [-0.39, 0.29) is 5.92 Å². The second-order valence-corrected chi connectivity index (χ2v) is 4.47. The Kier molecular flexibility index (Phi) is 2.97. The lowest BCUT2D eigenvalue weighted by atomic mass is 10.1. The van der Waals surface area contributed by atoms with E-state index in [2.05, 4.69) is 15.1 Å². The van der Waals surface area contributed by atoms with Crippen LogP contribution >= 0.6 is 0 Å². The Bertz CT molecular complexity index is 702. The van der Waals surface area contributed by atoms with E-state index < -0.39 is 0 Å². The van der Waals surface area contributed by atoms with Gasteiger partial charge in [0.15, 0.2) is 0 Å². The van der Waals surface area contributed by atoms with Gasteiger partial charge in [0, 0.05) is 24.0 Å². The summed E-state index contributed by atoms with van der Waals surface area (Å²) in [6, 6.07) is 9.95. The van der Waals surface area contributed by atoms with E-state index in [9.17, 15) is 0 Å². The summed E-state index contributed by atoms with van der Waals surface area (Å²) in [7, 11) is 0. The molecule has 96 valence electrons. The van der Waals surface area contributed by atoms with Gasteiger partial charge in [-0.3, -0.25) is 4.98 Å². The topological polar surface area (TPSA) is 77.8 Å². The average Bonchev–Trinajstić information content (AvgIpc) is 2.95. The van der Waals surface area contributed by atoms with Crippen molar-refractivity contribution in [2.75, 3.05) is 6.54 Å². The zero-order chi connectivity index (χ0) is 13.2. The molecule has 0 aliphatic carbocycles. The van der Waals surface area contributed by atoms with Gasteiger partial charge in [0.1, 0.15) is 5.69 Å². The summed E-state index contributed by atoms with van der Waals surface area (Å²) >= 11 is 0. The van der Waals surface area contributed by atoms with Crippen LogP contribution in [0.25, 0.3) is 22.3 Å². The maximum absolute atomic E-state index is 5.60. The molecule has 2 heterocycles. The third-order valence-electron chi connectivity index (χ3n) is 3.10. The molecule has 0 fully saturated rings. The first kappa shape index (κ1) is 11.8. The smallest absolute Gasteiger partial charge is 0.231 e. The standard InChI is InChI=1S/C14H14N4O/c1-9(8-15)14-17-13(18-19-14)12-11-5-3-2-4-10(11)6-7-16-12/h2-7,9H,8,15H2,1H3. The van der Waals surface area contributed by atoms with Gasteiger partial charge in [-0.15, -0.1) is 0 Å². The highest BCUT2D eigenvalue weighted by Gasteiger charge is 2.16. The number of nitrogens with two attached hydrogens (primary N) is 1.